The molecule has 2 heteroatoms. The monoisotopic (exact) mass is 274 g/mol. The van der Waals surface area contributed by atoms with Crippen molar-refractivity contribution in [2.45, 2.75) is 19.8 Å². The summed E-state index contributed by atoms with van der Waals surface area (Å²) in [6.07, 6.45) is 9.02. The second kappa shape index (κ2) is 3.66. The maximum absolute atomic E-state index is 6.24. The van der Waals surface area contributed by atoms with Crippen molar-refractivity contribution in [1.29, 1.82) is 0 Å². The molecule has 1 unspecified atom stereocenters. The molecule has 2 aromatic carbocycles. The number of allylic oxidation sites excluding steroid dienone is 2. The first kappa shape index (κ1) is 11.4. The Kier molecular flexibility index (Phi) is 1.98. The minimum atomic E-state index is 0.795. The number of fused-ring (bicyclic) bond motifs is 7. The van der Waals surface area contributed by atoms with Crippen molar-refractivity contribution < 1.29 is 4.42 Å². The van der Waals surface area contributed by atoms with Gasteiger partial charge in [0.05, 0.1) is 0 Å². The Morgan fingerprint density at radius 1 is 1.05 bits per heavy atom. The van der Waals surface area contributed by atoms with E-state index in [2.05, 4.69) is 55.7 Å². The Balaban J connectivity index is 1.92. The van der Waals surface area contributed by atoms with Crippen molar-refractivity contribution in [2.75, 3.05) is 0 Å². The molecule has 2 aliphatic rings. The van der Waals surface area contributed by atoms with Crippen LogP contribution in [0.4, 0.5) is 5.69 Å². The number of nitrogens with zero attached hydrogens (tertiary/aromatic N) is 1. The van der Waals surface area contributed by atoms with Crippen molar-refractivity contribution in [3.05, 3.63) is 66.1 Å². The molecule has 21 heavy (non-hydrogen) atoms. The number of aryl methyl sites for hydroxylation is 1. The fourth-order valence-electron chi connectivity index (χ4n) is 3.80. The van der Waals surface area contributed by atoms with Crippen molar-refractivity contribution in [3.63, 3.8) is 0 Å². The van der Waals surface area contributed by atoms with Gasteiger partial charge in [-0.15, -0.1) is 0 Å². The van der Waals surface area contributed by atoms with Crippen molar-refractivity contribution in [1.82, 2.24) is 4.48 Å². The van der Waals surface area contributed by atoms with Gasteiger partial charge in [-0.3, -0.25) is 0 Å². The summed E-state index contributed by atoms with van der Waals surface area (Å²) in [6, 6.07) is 12.8. The molecule has 0 N–H and O–H groups in total. The van der Waals surface area contributed by atoms with E-state index in [1.165, 1.54) is 27.7 Å². The number of quaternary nitrogens is 1. The molecule has 0 saturated carbocycles. The zero-order valence-corrected chi connectivity index (χ0v) is 12.0. The van der Waals surface area contributed by atoms with Crippen LogP contribution in [0.25, 0.3) is 21.9 Å². The number of rotatable bonds is 1. The van der Waals surface area contributed by atoms with Gasteiger partial charge in [0.25, 0.3) is 0 Å². The van der Waals surface area contributed by atoms with E-state index in [-0.39, 0.29) is 0 Å². The highest BCUT2D eigenvalue weighted by molar-refractivity contribution is 6.10. The van der Waals surface area contributed by atoms with E-state index < -0.39 is 0 Å². The smallest absolute Gasteiger partial charge is 0.197 e. The third-order valence-electron chi connectivity index (χ3n) is 4.77. The van der Waals surface area contributed by atoms with E-state index in [0.29, 0.717) is 0 Å². The molecule has 3 heterocycles. The average Bonchev–Trinajstić information content (AvgIpc) is 3.11. The van der Waals surface area contributed by atoms with Crippen LogP contribution in [-0.2, 0) is 6.42 Å². The quantitative estimate of drug-likeness (QED) is 0.554. The summed E-state index contributed by atoms with van der Waals surface area (Å²) in [4.78, 5) is 0. The van der Waals surface area contributed by atoms with Crippen LogP contribution in [0, 0.1) is 0 Å². The van der Waals surface area contributed by atoms with Gasteiger partial charge in [0.2, 0.25) is 0 Å². The molecule has 3 aromatic rings. The van der Waals surface area contributed by atoms with Gasteiger partial charge in [-0.05, 0) is 31.6 Å². The summed E-state index contributed by atoms with van der Waals surface area (Å²) in [6.45, 7) is 2.09. The number of para-hydroxylation sites is 1. The molecule has 2 nitrogen and oxygen atoms in total. The first-order valence-electron chi connectivity index (χ1n) is 7.52. The third-order valence-corrected chi connectivity index (χ3v) is 4.77. The normalized spacial score (nSPS) is 23.4. The van der Waals surface area contributed by atoms with Crippen molar-refractivity contribution >= 4 is 27.6 Å². The van der Waals surface area contributed by atoms with Crippen LogP contribution in [0.2, 0.25) is 0 Å². The van der Waals surface area contributed by atoms with Crippen LogP contribution >= 0.6 is 0 Å². The van der Waals surface area contributed by atoms with Gasteiger partial charge in [-0.2, -0.15) is 4.48 Å². The molecule has 0 saturated heterocycles. The highest BCUT2D eigenvalue weighted by Gasteiger charge is 2.52. The van der Waals surface area contributed by atoms with Crippen LogP contribution in [0.15, 0.2) is 65.0 Å². The Bertz CT molecular complexity index is 960. The fraction of sp³-hybridized carbons (Fsp3) is 0.158. The maximum atomic E-state index is 6.24. The molecule has 5 rings (SSSR count). The van der Waals surface area contributed by atoms with E-state index in [9.17, 15) is 0 Å². The predicted molar refractivity (Wildman–Crippen MR) is 86.7 cm³/mol. The Labute approximate surface area is 123 Å². The molecule has 0 bridgehead atoms. The van der Waals surface area contributed by atoms with Gasteiger partial charge >= 0.3 is 0 Å². The van der Waals surface area contributed by atoms with E-state index >= 15 is 0 Å². The first-order chi connectivity index (χ1) is 10.3. The van der Waals surface area contributed by atoms with Crippen LogP contribution in [0.3, 0.4) is 0 Å². The molecule has 0 amide bonds. The second-order valence-electron chi connectivity index (χ2n) is 5.93. The van der Waals surface area contributed by atoms with Gasteiger partial charge in [0.15, 0.2) is 23.2 Å². The lowest BCUT2D eigenvalue weighted by Gasteiger charge is -2.22. The predicted octanol–water partition coefficient (Wildman–Crippen LogP) is 5.23. The lowest BCUT2D eigenvalue weighted by Crippen LogP contribution is -2.25. The Hall–Kier alpha value is -2.32. The average molecular weight is 274 g/mol. The Morgan fingerprint density at radius 3 is 2.86 bits per heavy atom. The zero-order valence-electron chi connectivity index (χ0n) is 12.0. The summed E-state index contributed by atoms with van der Waals surface area (Å²) in [5.41, 5.74) is 6.26. The van der Waals surface area contributed by atoms with Crippen LogP contribution in [0.5, 0.6) is 0 Å². The van der Waals surface area contributed by atoms with Crippen molar-refractivity contribution in [2.24, 2.45) is 0 Å². The molecule has 0 radical (unpaired) electrons. The van der Waals surface area contributed by atoms with E-state index in [0.717, 1.165) is 28.5 Å². The number of furan rings is 1. The van der Waals surface area contributed by atoms with Gasteiger partial charge in [-0.25, -0.2) is 0 Å². The van der Waals surface area contributed by atoms with Crippen molar-refractivity contribution in [3.8, 4) is 0 Å². The summed E-state index contributed by atoms with van der Waals surface area (Å²) in [7, 11) is 0. The SMILES string of the molecule is CC=C[N+]12C=C1CCc1ccc3c(oc4ccccc43)c12. The van der Waals surface area contributed by atoms with Gasteiger partial charge in [-0.1, -0.05) is 24.3 Å². The largest absolute Gasteiger partial charge is 0.450 e. The molecule has 0 fully saturated rings. The van der Waals surface area contributed by atoms with E-state index in [1.807, 2.05) is 6.07 Å². The minimum Gasteiger partial charge on any atom is -0.450 e. The third kappa shape index (κ3) is 1.31. The summed E-state index contributed by atoms with van der Waals surface area (Å²) >= 11 is 0. The van der Waals surface area contributed by atoms with Crippen LogP contribution in [0.1, 0.15) is 18.9 Å². The molecule has 1 aromatic heterocycles. The lowest BCUT2D eigenvalue weighted by molar-refractivity contribution is 0.624. The van der Waals surface area contributed by atoms with Crippen LogP contribution in [-0.4, -0.2) is 0 Å². The fourth-order valence-corrected chi connectivity index (χ4v) is 3.80. The molecule has 1 atom stereocenters. The van der Waals surface area contributed by atoms with Gasteiger partial charge in [0.1, 0.15) is 11.8 Å². The molecular weight excluding hydrogens is 258 g/mol. The highest BCUT2D eigenvalue weighted by Crippen LogP contribution is 2.53. The maximum Gasteiger partial charge on any atom is 0.197 e. The highest BCUT2D eigenvalue weighted by atomic mass is 16.3. The summed E-state index contributed by atoms with van der Waals surface area (Å²) < 4.78 is 7.03. The van der Waals surface area contributed by atoms with E-state index in [4.69, 9.17) is 4.42 Å². The van der Waals surface area contributed by atoms with Crippen LogP contribution < -0.4 is 4.48 Å². The Morgan fingerprint density at radius 2 is 1.95 bits per heavy atom. The van der Waals surface area contributed by atoms with Gasteiger partial charge in [0, 0.05) is 22.8 Å². The summed E-state index contributed by atoms with van der Waals surface area (Å²) in [5, 5.41) is 2.44. The first-order valence-corrected chi connectivity index (χ1v) is 7.52. The molecular formula is C19H16NO+. The lowest BCUT2D eigenvalue weighted by atomic mass is 9.99. The van der Waals surface area contributed by atoms with Gasteiger partial charge < -0.3 is 4.42 Å². The number of hydrogen-bond donors (Lipinski definition) is 0. The number of benzene rings is 2. The minimum absolute atomic E-state index is 0.795. The zero-order chi connectivity index (χ0) is 14.0. The topological polar surface area (TPSA) is 13.1 Å². The molecule has 102 valence electrons. The molecule has 2 aliphatic heterocycles. The summed E-state index contributed by atoms with van der Waals surface area (Å²) in [5.74, 6) is 0. The molecule has 0 aliphatic carbocycles. The second-order valence-corrected chi connectivity index (χ2v) is 5.93. The number of hydrogen-bond acceptors (Lipinski definition) is 1. The standard InChI is InChI=1S/C19H16NO/c1-2-11-20-12-14(20)9-7-13-8-10-16-15-5-3-4-6-17(15)21-19(16)18(13)20/h2-6,8,10-12H,7,9H2,1H3/q+1. The molecule has 0 spiro atoms. The van der Waals surface area contributed by atoms with E-state index in [1.54, 1.807) is 0 Å².